The van der Waals surface area contributed by atoms with Crippen molar-refractivity contribution in [3.63, 3.8) is 0 Å². The Morgan fingerprint density at radius 2 is 1.71 bits per heavy atom. The number of hydrogen-bond acceptors (Lipinski definition) is 6. The first-order valence-corrected chi connectivity index (χ1v) is 10.9. The molecule has 0 aromatic heterocycles. The fourth-order valence-electron chi connectivity index (χ4n) is 4.06. The molecule has 1 aliphatic carbocycles. The van der Waals surface area contributed by atoms with E-state index in [2.05, 4.69) is 15.9 Å². The number of hydrogen-bond donors (Lipinski definition) is 4. The first kappa shape index (κ1) is 23.4. The zero-order chi connectivity index (χ0) is 25.1. The van der Waals surface area contributed by atoms with Crippen LogP contribution in [0.2, 0.25) is 0 Å². The lowest BCUT2D eigenvalue weighted by Gasteiger charge is -2.22. The number of pyridine rings is 1. The van der Waals surface area contributed by atoms with E-state index < -0.39 is 6.03 Å². The number of nitrogens with one attached hydrogen (secondary N) is 3. The quantitative estimate of drug-likeness (QED) is 0.113. The Morgan fingerprint density at radius 1 is 1.00 bits per heavy atom. The van der Waals surface area contributed by atoms with E-state index in [-0.39, 0.29) is 19.0 Å². The summed E-state index contributed by atoms with van der Waals surface area (Å²) < 4.78 is 2.04. The Labute approximate surface area is 201 Å². The number of nitrogens with zero attached hydrogens (tertiary/aromatic N) is 3. The maximum atomic E-state index is 12.5. The Kier molecular flexibility index (Phi) is 6.45. The molecule has 4 rings (SSSR count). The van der Waals surface area contributed by atoms with Crippen LogP contribution in [0, 0.1) is 10.3 Å². The van der Waals surface area contributed by atoms with Crippen LogP contribution in [0.15, 0.2) is 65.9 Å². The predicted octanol–water partition coefficient (Wildman–Crippen LogP) is 3.06. The summed E-state index contributed by atoms with van der Waals surface area (Å²) in [4.78, 5) is 34.3. The SMILES string of the molecule is CN(N=O)C(=O)NCCNC(=O)c1ccc(-c2c3cc(N)ccc3c3ccc(=N)cc-3n2C)cc1. The van der Waals surface area contributed by atoms with Gasteiger partial charge in [0.1, 0.15) is 0 Å². The Morgan fingerprint density at radius 3 is 2.43 bits per heavy atom. The minimum atomic E-state index is -0.646. The molecule has 2 aromatic carbocycles. The van der Waals surface area contributed by atoms with Crippen LogP contribution in [0.3, 0.4) is 0 Å². The van der Waals surface area contributed by atoms with Crippen molar-refractivity contribution in [2.24, 2.45) is 12.3 Å². The zero-order valence-electron chi connectivity index (χ0n) is 19.3. The van der Waals surface area contributed by atoms with Gasteiger partial charge in [-0.25, -0.2) is 4.79 Å². The third kappa shape index (κ3) is 4.67. The molecule has 2 aliphatic rings. The maximum Gasteiger partial charge on any atom is 0.340 e. The molecule has 0 fully saturated rings. The van der Waals surface area contributed by atoms with E-state index in [1.54, 1.807) is 18.2 Å². The maximum absolute atomic E-state index is 12.5. The number of anilines is 1. The minimum absolute atomic E-state index is 0.154. The van der Waals surface area contributed by atoms with Gasteiger partial charge in [-0.15, -0.1) is 4.91 Å². The number of aromatic nitrogens is 1. The summed E-state index contributed by atoms with van der Waals surface area (Å²) in [6.07, 6.45) is 0. The van der Waals surface area contributed by atoms with Crippen LogP contribution in [-0.4, -0.2) is 41.7 Å². The largest absolute Gasteiger partial charge is 0.399 e. The van der Waals surface area contributed by atoms with Crippen LogP contribution >= 0.6 is 0 Å². The van der Waals surface area contributed by atoms with E-state index in [0.29, 0.717) is 21.6 Å². The topological polar surface area (TPSA) is 146 Å². The average molecular weight is 472 g/mol. The summed E-state index contributed by atoms with van der Waals surface area (Å²) in [5.74, 6) is -0.288. The number of benzene rings is 3. The molecule has 10 heteroatoms. The van der Waals surface area contributed by atoms with Crippen molar-refractivity contribution >= 4 is 28.4 Å². The van der Waals surface area contributed by atoms with E-state index >= 15 is 0 Å². The van der Waals surface area contributed by atoms with E-state index in [4.69, 9.17) is 11.1 Å². The van der Waals surface area contributed by atoms with E-state index in [1.807, 2.05) is 54.1 Å². The van der Waals surface area contributed by atoms with Crippen molar-refractivity contribution in [2.75, 3.05) is 25.9 Å². The van der Waals surface area contributed by atoms with Gasteiger partial charge in [-0.2, -0.15) is 5.01 Å². The molecule has 0 atom stereocenters. The first-order chi connectivity index (χ1) is 16.8. The van der Waals surface area contributed by atoms with Crippen molar-refractivity contribution in [1.29, 1.82) is 5.41 Å². The predicted molar refractivity (Wildman–Crippen MR) is 135 cm³/mol. The van der Waals surface area contributed by atoms with Crippen molar-refractivity contribution in [2.45, 2.75) is 0 Å². The van der Waals surface area contributed by atoms with Crippen LogP contribution in [0.5, 0.6) is 0 Å². The number of fused-ring (bicyclic) bond motifs is 3. The number of amides is 3. The fraction of sp³-hybridized carbons (Fsp3) is 0.160. The van der Waals surface area contributed by atoms with Gasteiger partial charge in [0.05, 0.1) is 22.0 Å². The highest BCUT2D eigenvalue weighted by Gasteiger charge is 2.17. The molecule has 0 bridgehead atoms. The summed E-state index contributed by atoms with van der Waals surface area (Å²) in [6.45, 7) is 0.346. The Balaban J connectivity index is 1.61. The van der Waals surface area contributed by atoms with Gasteiger partial charge in [-0.1, -0.05) is 24.3 Å². The molecule has 5 N–H and O–H groups in total. The summed E-state index contributed by atoms with van der Waals surface area (Å²) in [6, 6.07) is 17.9. The van der Waals surface area contributed by atoms with Crippen LogP contribution < -0.4 is 21.7 Å². The summed E-state index contributed by atoms with van der Waals surface area (Å²) in [5, 5.41) is 18.8. The van der Waals surface area contributed by atoms with E-state index in [1.165, 1.54) is 7.05 Å². The van der Waals surface area contributed by atoms with Crippen LogP contribution in [-0.2, 0) is 7.05 Å². The lowest BCUT2D eigenvalue weighted by Crippen LogP contribution is -2.39. The van der Waals surface area contributed by atoms with Gasteiger partial charge in [0, 0.05) is 49.4 Å². The Hall–Kier alpha value is -4.73. The molecule has 10 nitrogen and oxygen atoms in total. The van der Waals surface area contributed by atoms with Crippen LogP contribution in [0.25, 0.3) is 33.3 Å². The highest BCUT2D eigenvalue weighted by atomic mass is 16.3. The van der Waals surface area contributed by atoms with Gasteiger partial charge in [-0.05, 0) is 47.3 Å². The van der Waals surface area contributed by atoms with Crippen molar-refractivity contribution < 1.29 is 9.59 Å². The van der Waals surface area contributed by atoms with Gasteiger partial charge >= 0.3 is 6.03 Å². The van der Waals surface area contributed by atoms with Crippen molar-refractivity contribution in [1.82, 2.24) is 20.2 Å². The number of nitrogen functional groups attached to an aromatic ring is 1. The van der Waals surface area contributed by atoms with Crippen molar-refractivity contribution in [3.8, 4) is 22.5 Å². The number of carbonyl (C=O) groups is 2. The third-order valence-electron chi connectivity index (χ3n) is 5.81. The molecule has 0 saturated carbocycles. The molecule has 0 unspecified atom stereocenters. The average Bonchev–Trinajstić information content (AvgIpc) is 2.86. The third-order valence-corrected chi connectivity index (χ3v) is 5.81. The molecule has 1 heterocycles. The summed E-state index contributed by atoms with van der Waals surface area (Å²) in [5.41, 5.74) is 11.0. The molecule has 3 amide bonds. The van der Waals surface area contributed by atoms with Gasteiger partial charge < -0.3 is 26.3 Å². The number of rotatable bonds is 6. The molecule has 0 spiro atoms. The highest BCUT2D eigenvalue weighted by molar-refractivity contribution is 6.06. The van der Waals surface area contributed by atoms with Crippen LogP contribution in [0.4, 0.5) is 10.5 Å². The molecule has 0 radical (unpaired) electrons. The highest BCUT2D eigenvalue weighted by Crippen LogP contribution is 2.38. The number of nitroso groups, excluding NO2 is 1. The fourth-order valence-corrected chi connectivity index (χ4v) is 4.06. The smallest absolute Gasteiger partial charge is 0.340 e. The molecule has 178 valence electrons. The van der Waals surface area contributed by atoms with Crippen LogP contribution in [0.1, 0.15) is 10.4 Å². The van der Waals surface area contributed by atoms with Crippen molar-refractivity contribution in [3.05, 3.63) is 76.5 Å². The standard InChI is InChI=1S/C25H25N7O3/c1-31-22-14-18(27)8-10-20(22)19-9-7-17(26)13-21(19)23(31)15-3-5-16(6-4-15)24(33)28-11-12-29-25(34)32(2)30-35/h3-10,13-14,27H,11-12,26H2,1-2H3,(H,28,33)(H,29,34). The molecular weight excluding hydrogens is 446 g/mol. The van der Waals surface area contributed by atoms with Gasteiger partial charge in [0.25, 0.3) is 5.91 Å². The molecule has 35 heavy (non-hydrogen) atoms. The monoisotopic (exact) mass is 471 g/mol. The number of carbonyl (C=O) groups excluding carboxylic acids is 2. The second kappa shape index (κ2) is 9.64. The van der Waals surface area contributed by atoms with Gasteiger partial charge in [-0.3, -0.25) is 4.79 Å². The molecule has 0 saturated heterocycles. The summed E-state index contributed by atoms with van der Waals surface area (Å²) in [7, 11) is 3.19. The molecule has 1 aliphatic heterocycles. The zero-order valence-corrected chi connectivity index (χ0v) is 19.3. The van der Waals surface area contributed by atoms with Gasteiger partial charge in [0.15, 0.2) is 0 Å². The van der Waals surface area contributed by atoms with E-state index in [0.717, 1.165) is 33.3 Å². The lowest BCUT2D eigenvalue weighted by atomic mass is 9.95. The lowest BCUT2D eigenvalue weighted by molar-refractivity contribution is 0.0953. The molecule has 2 aromatic rings. The normalized spacial score (nSPS) is 10.8. The molecular formula is C25H25N7O3. The van der Waals surface area contributed by atoms with Gasteiger partial charge in [0.2, 0.25) is 0 Å². The first-order valence-electron chi connectivity index (χ1n) is 10.9. The second-order valence-corrected chi connectivity index (χ2v) is 8.12. The number of urea groups is 1. The number of nitrogens with two attached hydrogens (primary N) is 1. The summed E-state index contributed by atoms with van der Waals surface area (Å²) >= 11 is 0. The Bertz CT molecular complexity index is 1460. The second-order valence-electron chi connectivity index (χ2n) is 8.12. The van der Waals surface area contributed by atoms with E-state index in [9.17, 15) is 14.5 Å². The minimum Gasteiger partial charge on any atom is -0.399 e.